The zero-order valence-corrected chi connectivity index (χ0v) is 16.8. The largest absolute Gasteiger partial charge is 0.302 e. The lowest BCUT2D eigenvalue weighted by molar-refractivity contribution is -0.116. The smallest absolute Gasteiger partial charge is 0.226 e. The minimum Gasteiger partial charge on any atom is -0.302 e. The quantitative estimate of drug-likeness (QED) is 0.408. The van der Waals surface area contributed by atoms with Crippen molar-refractivity contribution in [3.05, 3.63) is 22.7 Å². The molecule has 0 saturated carbocycles. The molecule has 24 heavy (non-hydrogen) atoms. The normalized spacial score (nSPS) is 11.1. The van der Waals surface area contributed by atoms with E-state index in [1.54, 1.807) is 0 Å². The predicted molar refractivity (Wildman–Crippen MR) is 108 cm³/mol. The number of nitrogens with zero attached hydrogens (tertiary/aromatic N) is 1. The van der Waals surface area contributed by atoms with Crippen LogP contribution in [-0.4, -0.2) is 10.9 Å². The van der Waals surface area contributed by atoms with E-state index in [9.17, 15) is 4.79 Å². The van der Waals surface area contributed by atoms with Crippen molar-refractivity contribution in [3.63, 3.8) is 0 Å². The van der Waals surface area contributed by atoms with Crippen LogP contribution in [0.5, 0.6) is 0 Å². The second-order valence-corrected chi connectivity index (χ2v) is 8.20. The van der Waals surface area contributed by atoms with Crippen LogP contribution in [0, 0.1) is 0 Å². The predicted octanol–water partition coefficient (Wildman–Crippen LogP) is 6.92. The van der Waals surface area contributed by atoms with E-state index < -0.39 is 0 Å². The lowest BCUT2D eigenvalue weighted by atomic mass is 10.1. The van der Waals surface area contributed by atoms with E-state index in [1.807, 2.05) is 18.2 Å². The number of benzene rings is 1. The van der Waals surface area contributed by atoms with Crippen LogP contribution in [-0.2, 0) is 4.79 Å². The number of thiazole rings is 1. The standard InChI is InChI=1S/C19H27BrN2OS/c1-2-3-4-5-6-7-8-9-10-11-18(23)22-19-21-16-13-12-15(20)14-17(16)24-19/h12-14H,2-11H2,1H3,(H,21,22,23). The van der Waals surface area contributed by atoms with E-state index in [-0.39, 0.29) is 5.91 Å². The molecule has 0 aliphatic rings. The number of fused-ring (bicyclic) bond motifs is 1. The molecule has 0 bridgehead atoms. The van der Waals surface area contributed by atoms with Gasteiger partial charge in [0.25, 0.3) is 0 Å². The maximum atomic E-state index is 12.0. The molecule has 1 aromatic carbocycles. The molecule has 0 unspecified atom stereocenters. The average Bonchev–Trinajstić information content (AvgIpc) is 2.94. The SMILES string of the molecule is CCCCCCCCCCCC(=O)Nc1nc2ccc(Br)cc2s1. The Morgan fingerprint density at radius 2 is 1.75 bits per heavy atom. The van der Waals surface area contributed by atoms with Crippen molar-refractivity contribution in [2.24, 2.45) is 0 Å². The highest BCUT2D eigenvalue weighted by Crippen LogP contribution is 2.28. The summed E-state index contributed by atoms with van der Waals surface area (Å²) in [6, 6.07) is 5.96. The Labute approximate surface area is 157 Å². The molecule has 1 amide bonds. The molecule has 1 heterocycles. The van der Waals surface area contributed by atoms with Crippen LogP contribution in [0.15, 0.2) is 22.7 Å². The molecule has 0 spiro atoms. The number of hydrogen-bond acceptors (Lipinski definition) is 3. The second kappa shape index (κ2) is 10.8. The Balaban J connectivity index is 1.59. The Morgan fingerprint density at radius 1 is 1.08 bits per heavy atom. The van der Waals surface area contributed by atoms with Crippen molar-refractivity contribution in [1.82, 2.24) is 4.98 Å². The molecule has 0 saturated heterocycles. The Hall–Kier alpha value is -0.940. The van der Waals surface area contributed by atoms with Crippen LogP contribution >= 0.6 is 27.3 Å². The highest BCUT2D eigenvalue weighted by molar-refractivity contribution is 9.10. The molecular formula is C19H27BrN2OS. The van der Waals surface area contributed by atoms with Gasteiger partial charge in [0.15, 0.2) is 5.13 Å². The second-order valence-electron chi connectivity index (χ2n) is 6.26. The zero-order valence-electron chi connectivity index (χ0n) is 14.4. The summed E-state index contributed by atoms with van der Waals surface area (Å²) < 4.78 is 2.12. The molecule has 132 valence electrons. The maximum absolute atomic E-state index is 12.0. The van der Waals surface area contributed by atoms with Crippen LogP contribution in [0.1, 0.15) is 71.1 Å². The number of hydrogen-bond donors (Lipinski definition) is 1. The van der Waals surface area contributed by atoms with Gasteiger partial charge in [-0.3, -0.25) is 4.79 Å². The summed E-state index contributed by atoms with van der Waals surface area (Å²) in [7, 11) is 0. The summed E-state index contributed by atoms with van der Waals surface area (Å²) in [4.78, 5) is 16.5. The molecule has 1 aromatic heterocycles. The number of halogens is 1. The third-order valence-electron chi connectivity index (χ3n) is 4.10. The van der Waals surface area contributed by atoms with E-state index in [1.165, 1.54) is 56.3 Å². The van der Waals surface area contributed by atoms with E-state index in [0.29, 0.717) is 11.6 Å². The fourth-order valence-corrected chi connectivity index (χ4v) is 4.16. The van der Waals surface area contributed by atoms with E-state index in [2.05, 4.69) is 33.2 Å². The Kier molecular flexibility index (Phi) is 8.75. The van der Waals surface area contributed by atoms with Crippen molar-refractivity contribution in [3.8, 4) is 0 Å². The monoisotopic (exact) mass is 410 g/mol. The number of unbranched alkanes of at least 4 members (excludes halogenated alkanes) is 8. The van der Waals surface area contributed by atoms with Gasteiger partial charge in [0.05, 0.1) is 10.2 Å². The Bertz CT molecular complexity index is 641. The first-order valence-electron chi connectivity index (χ1n) is 9.05. The Morgan fingerprint density at radius 3 is 2.46 bits per heavy atom. The summed E-state index contributed by atoms with van der Waals surface area (Å²) in [6.45, 7) is 2.25. The fraction of sp³-hybridized carbons (Fsp3) is 0.579. The number of anilines is 1. The van der Waals surface area contributed by atoms with Gasteiger partial charge in [-0.05, 0) is 24.6 Å². The van der Waals surface area contributed by atoms with Crippen LogP contribution in [0.3, 0.4) is 0 Å². The van der Waals surface area contributed by atoms with E-state index in [4.69, 9.17) is 0 Å². The first-order valence-corrected chi connectivity index (χ1v) is 10.7. The number of carbonyl (C=O) groups is 1. The molecule has 0 aliphatic heterocycles. The fourth-order valence-electron chi connectivity index (χ4n) is 2.73. The molecule has 1 N–H and O–H groups in total. The summed E-state index contributed by atoms with van der Waals surface area (Å²) in [5, 5.41) is 3.63. The topological polar surface area (TPSA) is 42.0 Å². The van der Waals surface area contributed by atoms with Gasteiger partial charge in [-0.15, -0.1) is 0 Å². The van der Waals surface area contributed by atoms with Crippen molar-refractivity contribution in [1.29, 1.82) is 0 Å². The van der Waals surface area contributed by atoms with Gasteiger partial charge in [0, 0.05) is 10.9 Å². The van der Waals surface area contributed by atoms with Crippen molar-refractivity contribution in [2.45, 2.75) is 71.1 Å². The third kappa shape index (κ3) is 6.89. The van der Waals surface area contributed by atoms with Crippen LogP contribution in [0.4, 0.5) is 5.13 Å². The van der Waals surface area contributed by atoms with Gasteiger partial charge in [-0.25, -0.2) is 4.98 Å². The van der Waals surface area contributed by atoms with Crippen molar-refractivity contribution < 1.29 is 4.79 Å². The molecule has 5 heteroatoms. The number of amides is 1. The minimum absolute atomic E-state index is 0.0797. The zero-order chi connectivity index (χ0) is 17.2. The number of rotatable bonds is 11. The number of nitrogens with one attached hydrogen (secondary N) is 1. The van der Waals surface area contributed by atoms with Crippen molar-refractivity contribution in [2.75, 3.05) is 5.32 Å². The van der Waals surface area contributed by atoms with E-state index in [0.717, 1.165) is 27.5 Å². The lowest BCUT2D eigenvalue weighted by Crippen LogP contribution is -2.10. The molecule has 0 radical (unpaired) electrons. The van der Waals surface area contributed by atoms with Crippen molar-refractivity contribution >= 4 is 48.5 Å². The molecule has 2 aromatic rings. The number of aromatic nitrogens is 1. The van der Waals surface area contributed by atoms with Gasteiger partial charge in [-0.2, -0.15) is 0 Å². The molecule has 3 nitrogen and oxygen atoms in total. The first-order chi connectivity index (χ1) is 11.7. The molecule has 0 fully saturated rings. The van der Waals surface area contributed by atoms with Crippen LogP contribution in [0.2, 0.25) is 0 Å². The number of carbonyl (C=O) groups excluding carboxylic acids is 1. The summed E-state index contributed by atoms with van der Waals surface area (Å²) in [5.41, 5.74) is 0.932. The van der Waals surface area contributed by atoms with E-state index >= 15 is 0 Å². The first kappa shape index (κ1) is 19.4. The van der Waals surface area contributed by atoms with Crippen LogP contribution < -0.4 is 5.32 Å². The average molecular weight is 411 g/mol. The van der Waals surface area contributed by atoms with Gasteiger partial charge in [0.1, 0.15) is 0 Å². The maximum Gasteiger partial charge on any atom is 0.226 e. The van der Waals surface area contributed by atoms with Gasteiger partial charge in [0.2, 0.25) is 5.91 Å². The van der Waals surface area contributed by atoms with Crippen LogP contribution in [0.25, 0.3) is 10.2 Å². The minimum atomic E-state index is 0.0797. The highest BCUT2D eigenvalue weighted by Gasteiger charge is 2.08. The van der Waals surface area contributed by atoms with Gasteiger partial charge in [-0.1, -0.05) is 85.6 Å². The van der Waals surface area contributed by atoms with Gasteiger partial charge < -0.3 is 5.32 Å². The molecule has 2 rings (SSSR count). The summed E-state index contributed by atoms with van der Waals surface area (Å²) in [5.74, 6) is 0.0797. The molecule has 0 aliphatic carbocycles. The summed E-state index contributed by atoms with van der Waals surface area (Å²) in [6.07, 6.45) is 12.0. The lowest BCUT2D eigenvalue weighted by Gasteiger charge is -2.02. The highest BCUT2D eigenvalue weighted by atomic mass is 79.9. The third-order valence-corrected chi connectivity index (χ3v) is 5.53. The summed E-state index contributed by atoms with van der Waals surface area (Å²) >= 11 is 4.98. The molecular weight excluding hydrogens is 384 g/mol. The van der Waals surface area contributed by atoms with Gasteiger partial charge >= 0.3 is 0 Å². The molecule has 0 atom stereocenters.